The van der Waals surface area contributed by atoms with Crippen LogP contribution in [0.25, 0.3) is 0 Å². The molecule has 21 heavy (non-hydrogen) atoms. The molecule has 0 aromatic carbocycles. The molecule has 0 unspecified atom stereocenters. The van der Waals surface area contributed by atoms with Crippen LogP contribution in [0.15, 0.2) is 18.3 Å². The Labute approximate surface area is 121 Å². The number of hydrogen-bond acceptors (Lipinski definition) is 5. The zero-order valence-corrected chi connectivity index (χ0v) is 12.0. The van der Waals surface area contributed by atoms with Crippen LogP contribution in [-0.4, -0.2) is 60.1 Å². The van der Waals surface area contributed by atoms with Gasteiger partial charge in [-0.3, -0.25) is 4.79 Å². The summed E-state index contributed by atoms with van der Waals surface area (Å²) in [4.78, 5) is 26.1. The molecule has 0 spiro atoms. The van der Waals surface area contributed by atoms with Crippen molar-refractivity contribution in [3.63, 3.8) is 0 Å². The summed E-state index contributed by atoms with van der Waals surface area (Å²) in [5.41, 5.74) is 0.0824. The summed E-state index contributed by atoms with van der Waals surface area (Å²) in [7, 11) is -3.16. The monoisotopic (exact) mass is 313 g/mol. The van der Waals surface area contributed by atoms with Gasteiger partial charge in [0.15, 0.2) is 0 Å². The van der Waals surface area contributed by atoms with Gasteiger partial charge in [0.05, 0.1) is 11.3 Å². The number of carbonyl (C=O) groups excluding carboxylic acids is 1. The zero-order chi connectivity index (χ0) is 15.5. The van der Waals surface area contributed by atoms with Gasteiger partial charge in [-0.1, -0.05) is 0 Å². The van der Waals surface area contributed by atoms with Crippen LogP contribution in [0, 0.1) is 0 Å². The second kappa shape index (κ2) is 6.19. The predicted octanol–water partition coefficient (Wildman–Crippen LogP) is -0.455. The van der Waals surface area contributed by atoms with Crippen molar-refractivity contribution in [2.24, 2.45) is 0 Å². The van der Waals surface area contributed by atoms with E-state index in [1.54, 1.807) is 0 Å². The fourth-order valence-corrected chi connectivity index (χ4v) is 3.52. The van der Waals surface area contributed by atoms with E-state index in [-0.39, 0.29) is 30.1 Å². The van der Waals surface area contributed by atoms with Crippen molar-refractivity contribution in [1.82, 2.24) is 14.6 Å². The first kappa shape index (κ1) is 15.4. The van der Waals surface area contributed by atoms with E-state index < -0.39 is 21.9 Å². The Morgan fingerprint density at radius 3 is 2.67 bits per heavy atom. The maximum Gasteiger partial charge on any atom is 0.354 e. The molecule has 1 amide bonds. The standard InChI is InChI=1S/C12H15N3O5S/c16-11(9-2-3-10(12(17)18)14-8-9)13-4-6-15-5-1-7-21(15,19)20/h2-3,8H,1,4-7H2,(H,13,16)(H,17,18). The van der Waals surface area contributed by atoms with E-state index in [1.165, 1.54) is 22.6 Å². The van der Waals surface area contributed by atoms with E-state index in [0.717, 1.165) is 0 Å². The lowest BCUT2D eigenvalue weighted by atomic mass is 10.2. The van der Waals surface area contributed by atoms with Gasteiger partial charge in [-0.2, -0.15) is 0 Å². The molecule has 1 aromatic rings. The lowest BCUT2D eigenvalue weighted by Crippen LogP contribution is -2.35. The molecule has 8 nitrogen and oxygen atoms in total. The lowest BCUT2D eigenvalue weighted by Gasteiger charge is -2.14. The van der Waals surface area contributed by atoms with Gasteiger partial charge >= 0.3 is 5.97 Å². The summed E-state index contributed by atoms with van der Waals surface area (Å²) in [5.74, 6) is -1.43. The van der Waals surface area contributed by atoms with Gasteiger partial charge < -0.3 is 10.4 Å². The molecule has 2 rings (SSSR count). The summed E-state index contributed by atoms with van der Waals surface area (Å²) >= 11 is 0. The minimum absolute atomic E-state index is 0.144. The smallest absolute Gasteiger partial charge is 0.354 e. The SMILES string of the molecule is O=C(NCCN1CCCS1(=O)=O)c1ccc(C(=O)O)nc1. The van der Waals surface area contributed by atoms with Crippen molar-refractivity contribution >= 4 is 21.9 Å². The predicted molar refractivity (Wildman–Crippen MR) is 73.5 cm³/mol. The van der Waals surface area contributed by atoms with Crippen molar-refractivity contribution in [1.29, 1.82) is 0 Å². The Bertz CT molecular complexity index is 641. The largest absolute Gasteiger partial charge is 0.477 e. The van der Waals surface area contributed by atoms with Crippen LogP contribution in [0.4, 0.5) is 0 Å². The van der Waals surface area contributed by atoms with Gasteiger partial charge in [-0.25, -0.2) is 22.5 Å². The molecule has 1 aliphatic rings. The molecule has 1 fully saturated rings. The molecule has 0 aliphatic carbocycles. The highest BCUT2D eigenvalue weighted by molar-refractivity contribution is 7.89. The van der Waals surface area contributed by atoms with Gasteiger partial charge in [0.2, 0.25) is 10.0 Å². The molecule has 1 aromatic heterocycles. The first-order valence-corrected chi connectivity index (χ1v) is 7.96. The first-order chi connectivity index (χ1) is 9.90. The van der Waals surface area contributed by atoms with Crippen LogP contribution in [0.3, 0.4) is 0 Å². The Morgan fingerprint density at radius 1 is 1.38 bits per heavy atom. The summed E-state index contributed by atoms with van der Waals surface area (Å²) in [6.45, 7) is 0.903. The highest BCUT2D eigenvalue weighted by Crippen LogP contribution is 2.11. The second-order valence-electron chi connectivity index (χ2n) is 4.56. The Kier molecular flexibility index (Phi) is 4.53. The number of pyridine rings is 1. The number of rotatable bonds is 5. The second-order valence-corrected chi connectivity index (χ2v) is 6.65. The number of amides is 1. The van der Waals surface area contributed by atoms with E-state index in [0.29, 0.717) is 13.0 Å². The molecule has 2 N–H and O–H groups in total. The third-order valence-electron chi connectivity index (χ3n) is 3.09. The van der Waals surface area contributed by atoms with Crippen LogP contribution in [-0.2, 0) is 10.0 Å². The molecular weight excluding hydrogens is 298 g/mol. The fraction of sp³-hybridized carbons (Fsp3) is 0.417. The van der Waals surface area contributed by atoms with Gasteiger partial charge in [0, 0.05) is 25.8 Å². The van der Waals surface area contributed by atoms with Gasteiger partial charge in [-0.15, -0.1) is 0 Å². The number of aromatic nitrogens is 1. The third kappa shape index (κ3) is 3.76. The molecule has 0 bridgehead atoms. The van der Waals surface area contributed by atoms with Gasteiger partial charge in [-0.05, 0) is 18.6 Å². The molecule has 9 heteroatoms. The number of hydrogen-bond donors (Lipinski definition) is 2. The van der Waals surface area contributed by atoms with E-state index >= 15 is 0 Å². The van der Waals surface area contributed by atoms with Gasteiger partial charge in [0.1, 0.15) is 5.69 Å². The number of nitrogens with one attached hydrogen (secondary N) is 1. The highest BCUT2D eigenvalue weighted by Gasteiger charge is 2.27. The third-order valence-corrected chi connectivity index (χ3v) is 5.05. The number of nitrogens with zero attached hydrogens (tertiary/aromatic N) is 2. The zero-order valence-electron chi connectivity index (χ0n) is 11.2. The molecule has 0 radical (unpaired) electrons. The van der Waals surface area contributed by atoms with E-state index in [4.69, 9.17) is 5.11 Å². The number of sulfonamides is 1. The maximum absolute atomic E-state index is 11.8. The number of aromatic carboxylic acids is 1. The van der Waals surface area contributed by atoms with E-state index in [9.17, 15) is 18.0 Å². The van der Waals surface area contributed by atoms with E-state index in [1.807, 2.05) is 0 Å². The Balaban J connectivity index is 1.86. The van der Waals surface area contributed by atoms with Crippen molar-refractivity contribution < 1.29 is 23.1 Å². The number of carboxylic acids is 1. The van der Waals surface area contributed by atoms with Crippen molar-refractivity contribution in [3.8, 4) is 0 Å². The quantitative estimate of drug-likeness (QED) is 0.760. The molecular formula is C12H15N3O5S. The highest BCUT2D eigenvalue weighted by atomic mass is 32.2. The molecule has 1 aliphatic heterocycles. The molecule has 114 valence electrons. The van der Waals surface area contributed by atoms with Crippen molar-refractivity contribution in [3.05, 3.63) is 29.6 Å². The lowest BCUT2D eigenvalue weighted by molar-refractivity contribution is 0.0689. The van der Waals surface area contributed by atoms with Crippen LogP contribution < -0.4 is 5.32 Å². The number of carboxylic acid groups (broad SMARTS) is 1. The molecule has 1 saturated heterocycles. The Morgan fingerprint density at radius 2 is 2.14 bits per heavy atom. The van der Waals surface area contributed by atoms with E-state index in [2.05, 4.69) is 10.3 Å². The summed E-state index contributed by atoms with van der Waals surface area (Å²) in [5, 5.41) is 11.3. The van der Waals surface area contributed by atoms with Crippen LogP contribution in [0.5, 0.6) is 0 Å². The van der Waals surface area contributed by atoms with Gasteiger partial charge in [0.25, 0.3) is 5.91 Å². The van der Waals surface area contributed by atoms with Crippen LogP contribution in [0.1, 0.15) is 27.3 Å². The topological polar surface area (TPSA) is 117 Å². The number of carbonyl (C=O) groups is 2. The first-order valence-electron chi connectivity index (χ1n) is 6.35. The average molecular weight is 313 g/mol. The van der Waals surface area contributed by atoms with Crippen molar-refractivity contribution in [2.45, 2.75) is 6.42 Å². The minimum atomic E-state index is -3.16. The summed E-state index contributed by atoms with van der Waals surface area (Å²) in [6.07, 6.45) is 1.78. The normalized spacial score (nSPS) is 17.5. The van der Waals surface area contributed by atoms with Crippen LogP contribution >= 0.6 is 0 Å². The average Bonchev–Trinajstić information content (AvgIpc) is 2.78. The maximum atomic E-state index is 11.8. The van der Waals surface area contributed by atoms with Crippen molar-refractivity contribution in [2.75, 3.05) is 25.4 Å². The summed E-state index contributed by atoms with van der Waals surface area (Å²) in [6, 6.07) is 2.60. The van der Waals surface area contributed by atoms with Crippen LogP contribution in [0.2, 0.25) is 0 Å². The molecule has 0 atom stereocenters. The minimum Gasteiger partial charge on any atom is -0.477 e. The summed E-state index contributed by atoms with van der Waals surface area (Å²) < 4.78 is 24.5. The molecule has 2 heterocycles. The Hall–Kier alpha value is -2.00. The molecule has 0 saturated carbocycles. The fourth-order valence-electron chi connectivity index (χ4n) is 1.99.